The van der Waals surface area contributed by atoms with Crippen molar-refractivity contribution in [2.75, 3.05) is 39.5 Å². The fraction of sp³-hybridized carbons (Fsp3) is 0.609. The van der Waals surface area contributed by atoms with Gasteiger partial charge in [-0.25, -0.2) is 0 Å². The van der Waals surface area contributed by atoms with Crippen LogP contribution in [0.25, 0.3) is 0 Å². The molecule has 168 valence electrons. The lowest BCUT2D eigenvalue weighted by Crippen LogP contribution is -2.43. The molecule has 1 saturated carbocycles. The minimum atomic E-state index is -0.162. The Balaban J connectivity index is 1.27. The molecule has 2 aliphatic heterocycles. The molecule has 4 rings (SSSR count). The Hall–Kier alpha value is -2.61. The molecule has 8 nitrogen and oxygen atoms in total. The minimum Gasteiger partial charge on any atom is -0.492 e. The van der Waals surface area contributed by atoms with E-state index in [0.717, 1.165) is 5.75 Å². The average Bonchev–Trinajstić information content (AvgIpc) is 3.11. The second-order valence-corrected chi connectivity index (χ2v) is 8.66. The minimum absolute atomic E-state index is 0.0127. The number of carbonyl (C=O) groups is 3. The summed E-state index contributed by atoms with van der Waals surface area (Å²) in [5, 5.41) is 5.99. The average molecular weight is 430 g/mol. The molecule has 1 aromatic rings. The van der Waals surface area contributed by atoms with Crippen molar-refractivity contribution in [1.82, 2.24) is 15.5 Å². The van der Waals surface area contributed by atoms with Gasteiger partial charge in [0.25, 0.3) is 0 Å². The number of amides is 3. The third-order valence-corrected chi connectivity index (χ3v) is 6.50. The van der Waals surface area contributed by atoms with Crippen LogP contribution in [0.1, 0.15) is 25.7 Å². The summed E-state index contributed by atoms with van der Waals surface area (Å²) in [4.78, 5) is 39.7. The summed E-state index contributed by atoms with van der Waals surface area (Å²) in [6, 6.07) is 9.43. The van der Waals surface area contributed by atoms with Crippen LogP contribution in [0.5, 0.6) is 5.75 Å². The van der Waals surface area contributed by atoms with E-state index in [0.29, 0.717) is 58.6 Å². The van der Waals surface area contributed by atoms with Crippen molar-refractivity contribution in [2.24, 2.45) is 17.8 Å². The molecule has 2 saturated heterocycles. The highest BCUT2D eigenvalue weighted by Gasteiger charge is 2.42. The molecule has 1 aromatic carbocycles. The number of hydrogen-bond donors (Lipinski definition) is 2. The first kappa shape index (κ1) is 21.6. The number of ether oxygens (including phenoxy) is 2. The van der Waals surface area contributed by atoms with E-state index in [1.54, 1.807) is 4.90 Å². The lowest BCUT2D eigenvalue weighted by atomic mass is 9.97. The zero-order chi connectivity index (χ0) is 21.6. The Labute approximate surface area is 182 Å². The lowest BCUT2D eigenvalue weighted by molar-refractivity contribution is -0.141. The molecule has 2 N–H and O–H groups in total. The van der Waals surface area contributed by atoms with Crippen molar-refractivity contribution in [1.29, 1.82) is 0 Å². The molecular formula is C23H31N3O5. The molecule has 3 atom stereocenters. The largest absolute Gasteiger partial charge is 0.492 e. The zero-order valence-corrected chi connectivity index (χ0v) is 17.8. The Morgan fingerprint density at radius 2 is 1.90 bits per heavy atom. The molecule has 8 heteroatoms. The van der Waals surface area contributed by atoms with Crippen LogP contribution in [0.4, 0.5) is 0 Å². The van der Waals surface area contributed by atoms with Gasteiger partial charge >= 0.3 is 0 Å². The third kappa shape index (κ3) is 5.55. The monoisotopic (exact) mass is 429 g/mol. The lowest BCUT2D eigenvalue weighted by Gasteiger charge is -2.29. The summed E-state index contributed by atoms with van der Waals surface area (Å²) >= 11 is 0. The van der Waals surface area contributed by atoms with E-state index in [2.05, 4.69) is 10.6 Å². The first-order valence-corrected chi connectivity index (χ1v) is 11.2. The molecule has 0 unspecified atom stereocenters. The fourth-order valence-electron chi connectivity index (χ4n) is 4.87. The Morgan fingerprint density at radius 1 is 1.13 bits per heavy atom. The Bertz CT molecular complexity index is 781. The molecule has 3 amide bonds. The highest BCUT2D eigenvalue weighted by atomic mass is 16.5. The molecule has 0 bridgehead atoms. The molecule has 2 heterocycles. The topological polar surface area (TPSA) is 97.0 Å². The van der Waals surface area contributed by atoms with Crippen LogP contribution in [-0.4, -0.2) is 68.1 Å². The van der Waals surface area contributed by atoms with E-state index < -0.39 is 0 Å². The van der Waals surface area contributed by atoms with E-state index in [1.807, 2.05) is 30.3 Å². The van der Waals surface area contributed by atoms with E-state index in [9.17, 15) is 14.4 Å². The van der Waals surface area contributed by atoms with Gasteiger partial charge in [-0.15, -0.1) is 0 Å². The van der Waals surface area contributed by atoms with Gasteiger partial charge in [0.1, 0.15) is 12.4 Å². The number of para-hydroxylation sites is 1. The first-order chi connectivity index (χ1) is 15.1. The second kappa shape index (κ2) is 10.1. The first-order valence-electron chi connectivity index (χ1n) is 11.2. The van der Waals surface area contributed by atoms with Crippen molar-refractivity contribution in [3.8, 4) is 5.75 Å². The summed E-state index contributed by atoms with van der Waals surface area (Å²) in [5.41, 5.74) is 0. The predicted molar refractivity (Wildman–Crippen MR) is 113 cm³/mol. The summed E-state index contributed by atoms with van der Waals surface area (Å²) in [5.74, 6) is 0.549. The highest BCUT2D eigenvalue weighted by molar-refractivity contribution is 5.87. The van der Waals surface area contributed by atoms with Crippen molar-refractivity contribution >= 4 is 17.7 Å². The Morgan fingerprint density at radius 3 is 2.68 bits per heavy atom. The number of fused-ring (bicyclic) bond motifs is 1. The summed E-state index contributed by atoms with van der Waals surface area (Å²) < 4.78 is 11.0. The number of carbonyl (C=O) groups excluding carboxylic acids is 3. The van der Waals surface area contributed by atoms with Gasteiger partial charge in [0.2, 0.25) is 17.7 Å². The zero-order valence-electron chi connectivity index (χ0n) is 17.8. The predicted octanol–water partition coefficient (Wildman–Crippen LogP) is 0.961. The number of nitrogens with one attached hydrogen (secondary N) is 2. The van der Waals surface area contributed by atoms with Gasteiger partial charge in [-0.05, 0) is 43.7 Å². The highest BCUT2D eigenvalue weighted by Crippen LogP contribution is 2.34. The third-order valence-electron chi connectivity index (χ3n) is 6.50. The van der Waals surface area contributed by atoms with Crippen molar-refractivity contribution < 1.29 is 23.9 Å². The van der Waals surface area contributed by atoms with Crippen molar-refractivity contribution in [3.63, 3.8) is 0 Å². The van der Waals surface area contributed by atoms with Crippen LogP contribution in [0, 0.1) is 17.8 Å². The molecule has 0 radical (unpaired) electrons. The maximum atomic E-state index is 12.9. The molecular weight excluding hydrogens is 398 g/mol. The van der Waals surface area contributed by atoms with Gasteiger partial charge in [-0.1, -0.05) is 18.2 Å². The van der Waals surface area contributed by atoms with Crippen molar-refractivity contribution in [2.45, 2.75) is 31.7 Å². The van der Waals surface area contributed by atoms with Gasteiger partial charge < -0.3 is 25.0 Å². The van der Waals surface area contributed by atoms with Crippen LogP contribution >= 0.6 is 0 Å². The molecule has 3 fully saturated rings. The Kier molecular flexibility index (Phi) is 7.06. The number of rotatable bonds is 6. The van der Waals surface area contributed by atoms with Crippen molar-refractivity contribution in [3.05, 3.63) is 30.3 Å². The smallest absolute Gasteiger partial charge is 0.239 e. The van der Waals surface area contributed by atoms with Crippen LogP contribution in [0.2, 0.25) is 0 Å². The van der Waals surface area contributed by atoms with E-state index in [1.165, 1.54) is 0 Å². The number of benzene rings is 1. The standard InChI is InChI=1S/C23H31N3O5/c27-21-15-26(23(29)16-6-9-30-10-7-16)14-18-12-17(13-20(18)25-21)22(28)24-8-11-31-19-4-2-1-3-5-19/h1-5,16-18,20H,6-15H2,(H,24,28)(H,25,27)/t17-,18+,20+/m0/s1. The van der Waals surface area contributed by atoms with E-state index in [4.69, 9.17) is 9.47 Å². The SMILES string of the molecule is O=C1CN(C(=O)C2CCOCC2)C[C@H]2C[C@H](C(=O)NCCOc3ccccc3)C[C@H]2N1. The molecule has 0 aromatic heterocycles. The van der Waals surface area contributed by atoms with E-state index in [-0.39, 0.29) is 48.1 Å². The van der Waals surface area contributed by atoms with E-state index >= 15 is 0 Å². The maximum absolute atomic E-state index is 12.9. The molecule has 31 heavy (non-hydrogen) atoms. The molecule has 1 aliphatic carbocycles. The quantitative estimate of drug-likeness (QED) is 0.657. The summed E-state index contributed by atoms with van der Waals surface area (Å²) in [7, 11) is 0. The molecule has 0 spiro atoms. The van der Waals surface area contributed by atoms with Crippen LogP contribution in [0.15, 0.2) is 30.3 Å². The summed E-state index contributed by atoms with van der Waals surface area (Å²) in [6.07, 6.45) is 2.71. The van der Waals surface area contributed by atoms with Crippen LogP contribution < -0.4 is 15.4 Å². The summed E-state index contributed by atoms with van der Waals surface area (Å²) in [6.45, 7) is 2.66. The van der Waals surface area contributed by atoms with Gasteiger partial charge in [0.15, 0.2) is 0 Å². The van der Waals surface area contributed by atoms with Gasteiger partial charge in [0.05, 0.1) is 13.1 Å². The molecule has 3 aliphatic rings. The normalized spacial score (nSPS) is 26.5. The van der Waals surface area contributed by atoms with Gasteiger partial charge in [0, 0.05) is 37.6 Å². The maximum Gasteiger partial charge on any atom is 0.239 e. The van der Waals surface area contributed by atoms with Gasteiger partial charge in [-0.2, -0.15) is 0 Å². The number of nitrogens with zero attached hydrogens (tertiary/aromatic N) is 1. The van der Waals surface area contributed by atoms with Crippen LogP contribution in [0.3, 0.4) is 0 Å². The van der Waals surface area contributed by atoms with Gasteiger partial charge in [-0.3, -0.25) is 14.4 Å². The fourth-order valence-corrected chi connectivity index (χ4v) is 4.87. The van der Waals surface area contributed by atoms with Crippen LogP contribution in [-0.2, 0) is 19.1 Å². The number of hydrogen-bond acceptors (Lipinski definition) is 5. The second-order valence-electron chi connectivity index (χ2n) is 8.66.